The van der Waals surface area contributed by atoms with Crippen molar-refractivity contribution in [2.75, 3.05) is 10.6 Å². The predicted octanol–water partition coefficient (Wildman–Crippen LogP) is 3.27. The van der Waals surface area contributed by atoms with E-state index in [1.807, 2.05) is 38.1 Å². The zero-order valence-electron chi connectivity index (χ0n) is 17.4. The van der Waals surface area contributed by atoms with Crippen LogP contribution in [0, 0.1) is 13.8 Å². The van der Waals surface area contributed by atoms with E-state index in [9.17, 15) is 19.8 Å². The Labute approximate surface area is 174 Å². The molecule has 10 N–H and O–H groups in total. The van der Waals surface area contributed by atoms with Gasteiger partial charge in [-0.05, 0) is 50.2 Å². The Morgan fingerprint density at radius 1 is 0.633 bits per heavy atom. The number of carboxylic acid groups (broad SMARTS) is 2. The lowest BCUT2D eigenvalue weighted by Gasteiger charge is -2.20. The van der Waals surface area contributed by atoms with Crippen LogP contribution >= 0.6 is 0 Å². The summed E-state index contributed by atoms with van der Waals surface area (Å²) in [6.07, 6.45) is 0. The molecule has 0 heterocycles. The fourth-order valence-corrected chi connectivity index (χ4v) is 2.73. The minimum atomic E-state index is -1.42. The third-order valence-electron chi connectivity index (χ3n) is 4.26. The second-order valence-electron chi connectivity index (χ2n) is 6.50. The molecule has 0 aliphatic heterocycles. The Morgan fingerprint density at radius 2 is 0.933 bits per heavy atom. The number of quaternary nitrogens is 2. The summed E-state index contributed by atoms with van der Waals surface area (Å²) >= 11 is 0. The van der Waals surface area contributed by atoms with Gasteiger partial charge in [0.2, 0.25) is 0 Å². The van der Waals surface area contributed by atoms with Gasteiger partial charge in [-0.15, -0.1) is 0 Å². The van der Waals surface area contributed by atoms with Crippen LogP contribution in [0.25, 0.3) is 0 Å². The maximum Gasteiger partial charge on any atom is 0.0736 e. The molecule has 3 rings (SSSR count). The van der Waals surface area contributed by atoms with Gasteiger partial charge in [0.05, 0.1) is 11.9 Å². The molecular formula is C22H26N4O4. The van der Waals surface area contributed by atoms with E-state index in [0.717, 1.165) is 11.1 Å². The summed E-state index contributed by atoms with van der Waals surface area (Å²) in [4.78, 5) is 23.3. The van der Waals surface area contributed by atoms with Crippen LogP contribution in [0.1, 0.15) is 31.8 Å². The van der Waals surface area contributed by atoms with Crippen molar-refractivity contribution in [3.63, 3.8) is 0 Å². The number of aromatic carboxylic acids is 2. The van der Waals surface area contributed by atoms with Gasteiger partial charge in [0.15, 0.2) is 0 Å². The number of rotatable bonds is 6. The first-order valence-electron chi connectivity index (χ1n) is 8.61. The van der Waals surface area contributed by atoms with Crippen molar-refractivity contribution in [2.45, 2.75) is 13.8 Å². The molecule has 0 saturated carbocycles. The molecule has 8 heteroatoms. The monoisotopic (exact) mass is 410 g/mol. The number of hydrogen-bond donors (Lipinski definition) is 4. The molecule has 0 atom stereocenters. The number of carbonyl (C=O) groups excluding carboxylic acids is 2. The molecule has 158 valence electrons. The maximum absolute atomic E-state index is 11.7. The molecule has 30 heavy (non-hydrogen) atoms. The van der Waals surface area contributed by atoms with E-state index in [-0.39, 0.29) is 34.8 Å². The van der Waals surface area contributed by atoms with Crippen molar-refractivity contribution >= 4 is 34.7 Å². The average molecular weight is 410 g/mol. The molecule has 8 nitrogen and oxygen atoms in total. The molecule has 0 saturated heterocycles. The highest BCUT2D eigenvalue weighted by molar-refractivity contribution is 6.02. The van der Waals surface area contributed by atoms with Crippen LogP contribution in [0.2, 0.25) is 0 Å². The number of aryl methyl sites for hydroxylation is 2. The lowest BCUT2D eigenvalue weighted by atomic mass is 10.0. The van der Waals surface area contributed by atoms with Crippen LogP contribution in [-0.4, -0.2) is 11.9 Å². The van der Waals surface area contributed by atoms with Gasteiger partial charge < -0.3 is 42.7 Å². The molecule has 3 aromatic carbocycles. The van der Waals surface area contributed by atoms with E-state index in [0.29, 0.717) is 11.4 Å². The predicted molar refractivity (Wildman–Crippen MR) is 116 cm³/mol. The number of hydrogen-bond acceptors (Lipinski definition) is 6. The topological polar surface area (TPSA) is 177 Å². The van der Waals surface area contributed by atoms with E-state index in [2.05, 4.69) is 10.6 Å². The summed E-state index contributed by atoms with van der Waals surface area (Å²) in [6.45, 7) is 3.85. The van der Waals surface area contributed by atoms with Crippen LogP contribution in [-0.2, 0) is 0 Å². The lowest BCUT2D eigenvalue weighted by molar-refractivity contribution is -0.256. The molecule has 0 aromatic heterocycles. The van der Waals surface area contributed by atoms with Gasteiger partial charge in [-0.1, -0.05) is 35.4 Å². The highest BCUT2D eigenvalue weighted by Gasteiger charge is 2.13. The molecule has 0 bridgehead atoms. The number of benzene rings is 3. The van der Waals surface area contributed by atoms with Crippen LogP contribution in [0.5, 0.6) is 0 Å². The third kappa shape index (κ3) is 5.57. The summed E-state index contributed by atoms with van der Waals surface area (Å²) < 4.78 is 0. The van der Waals surface area contributed by atoms with E-state index in [1.165, 1.54) is 12.1 Å². The van der Waals surface area contributed by atoms with Crippen molar-refractivity contribution in [1.82, 2.24) is 12.3 Å². The zero-order valence-corrected chi connectivity index (χ0v) is 17.4. The van der Waals surface area contributed by atoms with E-state index >= 15 is 0 Å². The summed E-state index contributed by atoms with van der Waals surface area (Å²) in [5, 5.41) is 29.2. The highest BCUT2D eigenvalue weighted by atomic mass is 16.4. The summed E-state index contributed by atoms with van der Waals surface area (Å²) in [5.41, 5.74) is 3.21. The van der Waals surface area contributed by atoms with Crippen molar-refractivity contribution in [1.29, 1.82) is 0 Å². The molecule has 0 spiro atoms. The fraction of sp³-hybridized carbons (Fsp3) is 0.0909. The normalized spacial score (nSPS) is 9.67. The van der Waals surface area contributed by atoms with Crippen molar-refractivity contribution in [2.24, 2.45) is 0 Å². The third-order valence-corrected chi connectivity index (χ3v) is 4.26. The summed E-state index contributed by atoms with van der Waals surface area (Å²) in [7, 11) is 0. The first-order chi connectivity index (χ1) is 13.3. The zero-order chi connectivity index (χ0) is 20.3. The number of anilines is 4. The van der Waals surface area contributed by atoms with Crippen LogP contribution < -0.4 is 33.1 Å². The van der Waals surface area contributed by atoms with Gasteiger partial charge >= 0.3 is 0 Å². The van der Waals surface area contributed by atoms with Crippen molar-refractivity contribution in [3.05, 3.63) is 82.9 Å². The first-order valence-corrected chi connectivity index (χ1v) is 8.61. The highest BCUT2D eigenvalue weighted by Crippen LogP contribution is 2.30. The number of carbonyl (C=O) groups is 2. The van der Waals surface area contributed by atoms with Gasteiger partial charge in [0, 0.05) is 33.9 Å². The summed E-state index contributed by atoms with van der Waals surface area (Å²) in [6, 6.07) is 17.0. The Bertz CT molecular complexity index is 947. The van der Waals surface area contributed by atoms with Gasteiger partial charge in [-0.3, -0.25) is 0 Å². The van der Waals surface area contributed by atoms with Crippen molar-refractivity contribution < 1.29 is 19.8 Å². The van der Waals surface area contributed by atoms with Gasteiger partial charge in [0.1, 0.15) is 0 Å². The molecule has 0 fully saturated rings. The minimum absolute atomic E-state index is 0. The van der Waals surface area contributed by atoms with Gasteiger partial charge in [-0.25, -0.2) is 0 Å². The van der Waals surface area contributed by atoms with E-state index in [4.69, 9.17) is 0 Å². The van der Waals surface area contributed by atoms with Crippen LogP contribution in [0.3, 0.4) is 0 Å². The molecule has 3 aromatic rings. The quantitative estimate of drug-likeness (QED) is 0.484. The SMILES string of the molecule is Cc1ccc(Nc2cc(C(=O)[O-])c(Nc3ccc(C)cc3)cc2C(=O)[O-])cc1.[NH4+].[NH4+]. The van der Waals surface area contributed by atoms with Gasteiger partial charge in [-0.2, -0.15) is 0 Å². The van der Waals surface area contributed by atoms with Crippen molar-refractivity contribution in [3.8, 4) is 0 Å². The minimum Gasteiger partial charge on any atom is -0.545 e. The molecular weight excluding hydrogens is 384 g/mol. The standard InChI is InChI=1S/C22H20N2O4.2H3N/c1-13-3-7-15(8-4-13)23-19-11-18(22(27)28)20(12-17(19)21(25)26)24-16-9-5-14(2)6-10-16;;/h3-12,23-24H,1-2H3,(H,25,26)(H,27,28);2*1H3. The summed E-state index contributed by atoms with van der Waals surface area (Å²) in [5.74, 6) is -2.85. The number of carboxylic acids is 2. The van der Waals surface area contributed by atoms with Crippen LogP contribution in [0.15, 0.2) is 60.7 Å². The number of nitrogens with one attached hydrogen (secondary N) is 2. The second kappa shape index (κ2) is 10.1. The Kier molecular flexibility index (Phi) is 8.10. The average Bonchev–Trinajstić information content (AvgIpc) is 2.66. The second-order valence-corrected chi connectivity index (χ2v) is 6.50. The van der Waals surface area contributed by atoms with E-state index < -0.39 is 11.9 Å². The lowest BCUT2D eigenvalue weighted by Crippen LogP contribution is -2.26. The van der Waals surface area contributed by atoms with Gasteiger partial charge in [0.25, 0.3) is 0 Å². The molecule has 0 amide bonds. The molecule has 0 radical (unpaired) electrons. The first kappa shape index (κ1) is 24.2. The maximum atomic E-state index is 11.7. The largest absolute Gasteiger partial charge is 0.545 e. The smallest absolute Gasteiger partial charge is 0.0736 e. The fourth-order valence-electron chi connectivity index (χ4n) is 2.73. The van der Waals surface area contributed by atoms with Crippen LogP contribution in [0.4, 0.5) is 22.7 Å². The Balaban J connectivity index is 0.00000225. The Hall–Kier alpha value is -3.88. The molecule has 0 aliphatic rings. The van der Waals surface area contributed by atoms with E-state index in [1.54, 1.807) is 24.3 Å². The Morgan fingerprint density at radius 3 is 1.20 bits per heavy atom. The molecule has 0 aliphatic carbocycles. The molecule has 0 unspecified atom stereocenters.